The van der Waals surface area contributed by atoms with Crippen molar-refractivity contribution >= 4 is 11.6 Å². The number of amides is 1. The van der Waals surface area contributed by atoms with Gasteiger partial charge in [-0.25, -0.2) is 0 Å². The molecule has 20 heavy (non-hydrogen) atoms. The quantitative estimate of drug-likeness (QED) is 0.841. The van der Waals surface area contributed by atoms with E-state index in [1.54, 1.807) is 6.07 Å². The van der Waals surface area contributed by atoms with Crippen molar-refractivity contribution in [3.8, 4) is 0 Å². The highest BCUT2D eigenvalue weighted by Gasteiger charge is 2.27. The maximum absolute atomic E-state index is 12.9. The second-order valence-electron chi connectivity index (χ2n) is 5.75. The van der Waals surface area contributed by atoms with E-state index in [9.17, 15) is 4.79 Å². The van der Waals surface area contributed by atoms with Gasteiger partial charge >= 0.3 is 0 Å². The zero-order valence-electron chi connectivity index (χ0n) is 12.7. The Morgan fingerprint density at radius 2 is 2.15 bits per heavy atom. The van der Waals surface area contributed by atoms with Crippen LogP contribution in [0.25, 0.3) is 0 Å². The lowest BCUT2D eigenvalue weighted by atomic mass is 10.0. The second kappa shape index (κ2) is 6.27. The normalized spacial score (nSPS) is 20.8. The molecule has 1 atom stereocenters. The van der Waals surface area contributed by atoms with E-state index in [0.717, 1.165) is 43.6 Å². The molecule has 1 aromatic rings. The van der Waals surface area contributed by atoms with Crippen LogP contribution in [0.1, 0.15) is 35.7 Å². The molecule has 4 nitrogen and oxygen atoms in total. The molecule has 0 aromatic heterocycles. The number of benzene rings is 1. The minimum atomic E-state index is 0.122. The third-order valence-electron chi connectivity index (χ3n) is 4.13. The highest BCUT2D eigenvalue weighted by Crippen LogP contribution is 2.19. The topological polar surface area (TPSA) is 49.6 Å². The molecule has 110 valence electrons. The summed E-state index contributed by atoms with van der Waals surface area (Å²) in [7, 11) is 2.13. The number of nitrogens with two attached hydrogens (primary N) is 1. The number of hydrogen-bond donors (Lipinski definition) is 1. The number of likely N-dealkylation sites (N-methyl/N-ethyl adjacent to an activating group) is 1. The monoisotopic (exact) mass is 275 g/mol. The Morgan fingerprint density at radius 3 is 2.85 bits per heavy atom. The first kappa shape index (κ1) is 14.9. The molecule has 0 radical (unpaired) electrons. The van der Waals surface area contributed by atoms with Gasteiger partial charge in [0.05, 0.1) is 0 Å². The van der Waals surface area contributed by atoms with Gasteiger partial charge in [-0.1, -0.05) is 13.0 Å². The van der Waals surface area contributed by atoms with Crippen molar-refractivity contribution in [2.75, 3.05) is 32.4 Å². The van der Waals surface area contributed by atoms with Crippen LogP contribution in [0.2, 0.25) is 0 Å². The fraction of sp³-hybridized carbons (Fsp3) is 0.562. The molecule has 1 fully saturated rings. The number of aryl methyl sites for hydroxylation is 1. The first-order chi connectivity index (χ1) is 9.52. The second-order valence-corrected chi connectivity index (χ2v) is 5.75. The van der Waals surface area contributed by atoms with Crippen LogP contribution in [0.3, 0.4) is 0 Å². The number of hydrogen-bond acceptors (Lipinski definition) is 3. The Bertz CT molecular complexity index is 487. The molecule has 1 aromatic carbocycles. The standard InChI is InChI=1S/C16H25N3O/c1-4-14-11-18(3)8-5-9-19(14)16(20)15-10-13(17)7-6-12(15)2/h6-7,10,14H,4-5,8-9,11,17H2,1-3H3. The molecule has 4 heteroatoms. The Hall–Kier alpha value is -1.55. The van der Waals surface area contributed by atoms with Gasteiger partial charge in [0.2, 0.25) is 0 Å². The van der Waals surface area contributed by atoms with Crippen LogP contribution in [0.5, 0.6) is 0 Å². The molecule has 1 saturated heterocycles. The van der Waals surface area contributed by atoms with Gasteiger partial charge in [-0.15, -0.1) is 0 Å². The zero-order chi connectivity index (χ0) is 14.7. The number of nitrogen functional groups attached to an aromatic ring is 1. The van der Waals surface area contributed by atoms with E-state index in [4.69, 9.17) is 5.73 Å². The minimum Gasteiger partial charge on any atom is -0.399 e. The number of rotatable bonds is 2. The largest absolute Gasteiger partial charge is 0.399 e. The zero-order valence-corrected chi connectivity index (χ0v) is 12.7. The first-order valence-electron chi connectivity index (χ1n) is 7.38. The highest BCUT2D eigenvalue weighted by atomic mass is 16.2. The lowest BCUT2D eigenvalue weighted by Crippen LogP contribution is -2.43. The van der Waals surface area contributed by atoms with E-state index < -0.39 is 0 Å². The molecule has 0 bridgehead atoms. The van der Waals surface area contributed by atoms with Gasteiger partial charge in [0.15, 0.2) is 0 Å². The number of nitrogens with zero attached hydrogens (tertiary/aromatic N) is 2. The van der Waals surface area contributed by atoms with Gasteiger partial charge in [0, 0.05) is 30.4 Å². The van der Waals surface area contributed by atoms with Gasteiger partial charge in [0.1, 0.15) is 0 Å². The van der Waals surface area contributed by atoms with E-state index in [1.165, 1.54) is 0 Å². The van der Waals surface area contributed by atoms with Crippen LogP contribution in [0, 0.1) is 6.92 Å². The van der Waals surface area contributed by atoms with Crippen molar-refractivity contribution < 1.29 is 4.79 Å². The SMILES string of the molecule is CCC1CN(C)CCCN1C(=O)c1cc(N)ccc1C. The van der Waals surface area contributed by atoms with Crippen molar-refractivity contribution in [1.82, 2.24) is 9.80 Å². The van der Waals surface area contributed by atoms with Crippen LogP contribution in [-0.4, -0.2) is 48.4 Å². The fourth-order valence-electron chi connectivity index (χ4n) is 2.88. The summed E-state index contributed by atoms with van der Waals surface area (Å²) in [6.07, 6.45) is 2.01. The van der Waals surface area contributed by atoms with Crippen LogP contribution < -0.4 is 5.73 Å². The predicted octanol–water partition coefficient (Wildman–Crippen LogP) is 2.13. The maximum atomic E-state index is 12.9. The van der Waals surface area contributed by atoms with Crippen molar-refractivity contribution in [2.24, 2.45) is 0 Å². The summed E-state index contributed by atoms with van der Waals surface area (Å²) >= 11 is 0. The summed E-state index contributed by atoms with van der Waals surface area (Å²) < 4.78 is 0. The van der Waals surface area contributed by atoms with Crippen LogP contribution in [-0.2, 0) is 0 Å². The van der Waals surface area contributed by atoms with E-state index in [-0.39, 0.29) is 11.9 Å². The van der Waals surface area contributed by atoms with Gasteiger partial charge in [-0.2, -0.15) is 0 Å². The molecule has 1 heterocycles. The average Bonchev–Trinajstić information content (AvgIpc) is 2.62. The van der Waals surface area contributed by atoms with Gasteiger partial charge in [-0.3, -0.25) is 4.79 Å². The number of carbonyl (C=O) groups excluding carboxylic acids is 1. The van der Waals surface area contributed by atoms with Crippen molar-refractivity contribution in [1.29, 1.82) is 0 Å². The molecule has 0 aliphatic carbocycles. The maximum Gasteiger partial charge on any atom is 0.254 e. The molecule has 0 spiro atoms. The van der Waals surface area contributed by atoms with E-state index in [1.807, 2.05) is 24.0 Å². The molecular formula is C16H25N3O. The Kier molecular flexibility index (Phi) is 4.65. The first-order valence-corrected chi connectivity index (χ1v) is 7.38. The van der Waals surface area contributed by atoms with Crippen molar-refractivity contribution in [3.05, 3.63) is 29.3 Å². The van der Waals surface area contributed by atoms with Gasteiger partial charge in [-0.05, 0) is 51.1 Å². The molecule has 1 amide bonds. The lowest BCUT2D eigenvalue weighted by Gasteiger charge is -2.30. The fourth-order valence-corrected chi connectivity index (χ4v) is 2.88. The van der Waals surface area contributed by atoms with E-state index in [0.29, 0.717) is 5.69 Å². The molecule has 1 aliphatic heterocycles. The Labute approximate surface area is 121 Å². The Balaban J connectivity index is 2.27. The average molecular weight is 275 g/mol. The number of carbonyl (C=O) groups is 1. The summed E-state index contributed by atoms with van der Waals surface area (Å²) in [5.74, 6) is 0.122. The summed E-state index contributed by atoms with van der Waals surface area (Å²) in [4.78, 5) is 17.2. The molecular weight excluding hydrogens is 250 g/mol. The van der Waals surface area contributed by atoms with Crippen LogP contribution in [0.4, 0.5) is 5.69 Å². The minimum absolute atomic E-state index is 0.122. The van der Waals surface area contributed by atoms with E-state index >= 15 is 0 Å². The lowest BCUT2D eigenvalue weighted by molar-refractivity contribution is 0.0675. The summed E-state index contributed by atoms with van der Waals surface area (Å²) in [6, 6.07) is 5.86. The predicted molar refractivity (Wildman–Crippen MR) is 82.8 cm³/mol. The molecule has 1 aliphatic rings. The van der Waals surface area contributed by atoms with E-state index in [2.05, 4.69) is 18.9 Å². The van der Waals surface area contributed by atoms with Crippen LogP contribution in [0.15, 0.2) is 18.2 Å². The van der Waals surface area contributed by atoms with Crippen LogP contribution >= 0.6 is 0 Å². The molecule has 2 rings (SSSR count). The third-order valence-corrected chi connectivity index (χ3v) is 4.13. The smallest absolute Gasteiger partial charge is 0.254 e. The third kappa shape index (κ3) is 3.12. The van der Waals surface area contributed by atoms with Crippen molar-refractivity contribution in [2.45, 2.75) is 32.7 Å². The highest BCUT2D eigenvalue weighted by molar-refractivity contribution is 5.96. The Morgan fingerprint density at radius 1 is 1.40 bits per heavy atom. The summed E-state index contributed by atoms with van der Waals surface area (Å²) in [6.45, 7) is 6.95. The van der Waals surface area contributed by atoms with Gasteiger partial charge < -0.3 is 15.5 Å². The van der Waals surface area contributed by atoms with Crippen molar-refractivity contribution in [3.63, 3.8) is 0 Å². The number of anilines is 1. The van der Waals surface area contributed by atoms with Gasteiger partial charge in [0.25, 0.3) is 5.91 Å². The molecule has 1 unspecified atom stereocenters. The summed E-state index contributed by atoms with van der Waals surface area (Å²) in [5.41, 5.74) is 8.23. The summed E-state index contributed by atoms with van der Waals surface area (Å²) in [5, 5.41) is 0. The molecule has 0 saturated carbocycles. The molecule has 2 N–H and O–H groups in total.